The van der Waals surface area contributed by atoms with Crippen LogP contribution >= 0.6 is 0 Å². The number of aromatic hydroxyl groups is 1. The number of unbranched alkanes of at least 4 members (excludes halogenated alkanes) is 1. The van der Waals surface area contributed by atoms with Crippen LogP contribution in [0.5, 0.6) is 5.75 Å². The van der Waals surface area contributed by atoms with Gasteiger partial charge in [-0.15, -0.1) is 0 Å². The molecule has 0 aromatic heterocycles. The second kappa shape index (κ2) is 6.15. The highest BCUT2D eigenvalue weighted by Gasteiger charge is 2.66. The number of imide groups is 1. The van der Waals surface area contributed by atoms with Crippen molar-refractivity contribution in [3.63, 3.8) is 0 Å². The minimum Gasteiger partial charge on any atom is -0.508 e. The van der Waals surface area contributed by atoms with Gasteiger partial charge in [0.1, 0.15) is 11.3 Å². The molecule has 0 aliphatic carbocycles. The van der Waals surface area contributed by atoms with Crippen molar-refractivity contribution >= 4 is 17.8 Å². The normalized spacial score (nSPS) is 31.4. The molecule has 7 nitrogen and oxygen atoms in total. The first-order valence-corrected chi connectivity index (χ1v) is 8.47. The highest BCUT2D eigenvalue weighted by atomic mass is 16.4. The molecule has 2 saturated heterocycles. The summed E-state index contributed by atoms with van der Waals surface area (Å²) in [4.78, 5) is 38.8. The van der Waals surface area contributed by atoms with Gasteiger partial charge in [-0.2, -0.15) is 0 Å². The van der Waals surface area contributed by atoms with E-state index in [4.69, 9.17) is 0 Å². The Labute approximate surface area is 145 Å². The van der Waals surface area contributed by atoms with Crippen molar-refractivity contribution in [3.8, 4) is 5.75 Å². The van der Waals surface area contributed by atoms with Crippen molar-refractivity contribution in [3.05, 3.63) is 29.8 Å². The van der Waals surface area contributed by atoms with E-state index in [-0.39, 0.29) is 11.7 Å². The van der Waals surface area contributed by atoms with Gasteiger partial charge < -0.3 is 10.2 Å². The molecule has 0 spiro atoms. The SMILES string of the molecule is CCCCN1C(=O)[C@@H]2[C@H](c3ccccc3O)N[C@@](C)(C(=O)O)[C@H]2C1=O. The van der Waals surface area contributed by atoms with E-state index in [1.54, 1.807) is 18.2 Å². The summed E-state index contributed by atoms with van der Waals surface area (Å²) in [6.07, 6.45) is 1.50. The van der Waals surface area contributed by atoms with E-state index < -0.39 is 35.3 Å². The molecule has 25 heavy (non-hydrogen) atoms. The number of carbonyl (C=O) groups is 3. The molecule has 2 amide bonds. The third-order valence-electron chi connectivity index (χ3n) is 5.33. The zero-order valence-electron chi connectivity index (χ0n) is 14.2. The third-order valence-corrected chi connectivity index (χ3v) is 5.33. The minimum absolute atomic E-state index is 0.0272. The van der Waals surface area contributed by atoms with Gasteiger partial charge in [-0.3, -0.25) is 24.6 Å². The summed E-state index contributed by atoms with van der Waals surface area (Å²) in [7, 11) is 0. The van der Waals surface area contributed by atoms with Gasteiger partial charge in [-0.25, -0.2) is 0 Å². The number of aliphatic carboxylic acids is 1. The standard InChI is InChI=1S/C18H22N2O5/c1-3-4-9-20-15(22)12-13(16(20)23)18(2,17(24)25)19-14(12)10-7-5-6-8-11(10)21/h5-8,12-14,19,21H,3-4,9H2,1-2H3,(H,24,25)/t12-,13+,14-,18+/m0/s1. The molecule has 0 saturated carbocycles. The van der Waals surface area contributed by atoms with Crippen molar-refractivity contribution in [2.75, 3.05) is 6.54 Å². The lowest BCUT2D eigenvalue weighted by molar-refractivity contribution is -0.150. The highest BCUT2D eigenvalue weighted by molar-refractivity contribution is 6.09. The lowest BCUT2D eigenvalue weighted by Gasteiger charge is -2.27. The van der Waals surface area contributed by atoms with Crippen molar-refractivity contribution in [2.45, 2.75) is 38.3 Å². The molecule has 3 rings (SSSR count). The number of nitrogens with zero attached hydrogens (tertiary/aromatic N) is 1. The number of amides is 2. The molecule has 0 bridgehead atoms. The molecule has 7 heteroatoms. The topological polar surface area (TPSA) is 107 Å². The van der Waals surface area contributed by atoms with Gasteiger partial charge in [0.05, 0.1) is 11.8 Å². The Morgan fingerprint density at radius 3 is 2.56 bits per heavy atom. The number of hydrogen-bond donors (Lipinski definition) is 3. The minimum atomic E-state index is -1.56. The molecule has 0 unspecified atom stereocenters. The van der Waals surface area contributed by atoms with Crippen molar-refractivity contribution in [1.29, 1.82) is 0 Å². The molecule has 4 atom stereocenters. The van der Waals surface area contributed by atoms with Crippen LogP contribution in [0.15, 0.2) is 24.3 Å². The number of nitrogens with one attached hydrogen (secondary N) is 1. The predicted molar refractivity (Wildman–Crippen MR) is 88.6 cm³/mol. The highest BCUT2D eigenvalue weighted by Crippen LogP contribution is 2.50. The predicted octanol–water partition coefficient (Wildman–Crippen LogP) is 1.28. The Kier molecular flexibility index (Phi) is 4.28. The van der Waals surface area contributed by atoms with Crippen LogP contribution in [-0.4, -0.2) is 45.0 Å². The number of likely N-dealkylation sites (tertiary alicyclic amines) is 1. The van der Waals surface area contributed by atoms with Crippen LogP contribution in [0.25, 0.3) is 0 Å². The molecule has 2 heterocycles. The summed E-state index contributed by atoms with van der Waals surface area (Å²) in [6.45, 7) is 3.69. The first-order valence-electron chi connectivity index (χ1n) is 8.47. The van der Waals surface area contributed by atoms with Crippen molar-refractivity contribution in [1.82, 2.24) is 10.2 Å². The van der Waals surface area contributed by atoms with E-state index in [1.165, 1.54) is 17.9 Å². The number of hydrogen-bond acceptors (Lipinski definition) is 5. The van der Waals surface area contributed by atoms with Crippen LogP contribution in [0.4, 0.5) is 0 Å². The van der Waals surface area contributed by atoms with Gasteiger partial charge in [-0.05, 0) is 19.4 Å². The molecule has 134 valence electrons. The third kappa shape index (κ3) is 2.50. The van der Waals surface area contributed by atoms with Crippen molar-refractivity contribution < 1.29 is 24.6 Å². The Hall–Kier alpha value is -2.41. The first-order chi connectivity index (χ1) is 11.8. The van der Waals surface area contributed by atoms with E-state index >= 15 is 0 Å². The fraction of sp³-hybridized carbons (Fsp3) is 0.500. The van der Waals surface area contributed by atoms with E-state index in [0.717, 1.165) is 6.42 Å². The van der Waals surface area contributed by atoms with E-state index in [1.807, 2.05) is 6.92 Å². The van der Waals surface area contributed by atoms with Gasteiger partial charge in [-0.1, -0.05) is 31.5 Å². The van der Waals surface area contributed by atoms with Crippen LogP contribution in [0.3, 0.4) is 0 Å². The quantitative estimate of drug-likeness (QED) is 0.694. The average molecular weight is 346 g/mol. The Bertz CT molecular complexity index is 734. The Morgan fingerprint density at radius 2 is 1.96 bits per heavy atom. The van der Waals surface area contributed by atoms with Gasteiger partial charge in [0.2, 0.25) is 11.8 Å². The smallest absolute Gasteiger partial charge is 0.324 e. The largest absolute Gasteiger partial charge is 0.508 e. The second-order valence-electron chi connectivity index (χ2n) is 6.87. The lowest BCUT2D eigenvalue weighted by Crippen LogP contribution is -2.53. The molecular weight excluding hydrogens is 324 g/mol. The van der Waals surface area contributed by atoms with Crippen LogP contribution < -0.4 is 5.32 Å². The second-order valence-corrected chi connectivity index (χ2v) is 6.87. The van der Waals surface area contributed by atoms with Gasteiger partial charge in [0.25, 0.3) is 0 Å². The van der Waals surface area contributed by atoms with Crippen molar-refractivity contribution in [2.24, 2.45) is 11.8 Å². The summed E-state index contributed by atoms with van der Waals surface area (Å²) in [5, 5.41) is 22.8. The molecule has 2 fully saturated rings. The molecule has 0 radical (unpaired) electrons. The number of phenolic OH excluding ortho intramolecular Hbond substituents is 1. The fourth-order valence-electron chi connectivity index (χ4n) is 3.95. The van der Waals surface area contributed by atoms with E-state index in [0.29, 0.717) is 18.5 Å². The molecule has 1 aromatic carbocycles. The fourth-order valence-corrected chi connectivity index (χ4v) is 3.95. The maximum Gasteiger partial charge on any atom is 0.324 e. The Morgan fingerprint density at radius 1 is 1.28 bits per heavy atom. The van der Waals surface area contributed by atoms with Gasteiger partial charge in [0.15, 0.2) is 0 Å². The number of phenols is 1. The zero-order chi connectivity index (χ0) is 18.4. The van der Waals surface area contributed by atoms with Gasteiger partial charge in [0, 0.05) is 18.2 Å². The monoisotopic (exact) mass is 346 g/mol. The van der Waals surface area contributed by atoms with Crippen LogP contribution in [0, 0.1) is 11.8 Å². The number of para-hydroxylation sites is 1. The summed E-state index contributed by atoms with van der Waals surface area (Å²) < 4.78 is 0. The molecule has 2 aliphatic rings. The number of carbonyl (C=O) groups excluding carboxylic acids is 2. The summed E-state index contributed by atoms with van der Waals surface area (Å²) in [6, 6.07) is 5.76. The van der Waals surface area contributed by atoms with Gasteiger partial charge >= 0.3 is 5.97 Å². The lowest BCUT2D eigenvalue weighted by atomic mass is 9.80. The van der Waals surface area contributed by atoms with Crippen LogP contribution in [0.1, 0.15) is 38.3 Å². The summed E-state index contributed by atoms with van der Waals surface area (Å²) in [5.74, 6) is -3.84. The number of carboxylic acid groups (broad SMARTS) is 1. The van der Waals surface area contributed by atoms with Crippen LogP contribution in [-0.2, 0) is 14.4 Å². The maximum atomic E-state index is 12.9. The maximum absolute atomic E-state index is 12.9. The first kappa shape index (κ1) is 17.4. The molecular formula is C18H22N2O5. The summed E-state index contributed by atoms with van der Waals surface area (Å²) in [5.41, 5.74) is -1.13. The molecule has 3 N–H and O–H groups in total. The number of fused-ring (bicyclic) bond motifs is 1. The Balaban J connectivity index is 2.06. The number of carboxylic acids is 1. The number of benzene rings is 1. The van der Waals surface area contributed by atoms with Crippen LogP contribution in [0.2, 0.25) is 0 Å². The van der Waals surface area contributed by atoms with E-state index in [9.17, 15) is 24.6 Å². The van der Waals surface area contributed by atoms with E-state index in [2.05, 4.69) is 5.32 Å². The number of rotatable bonds is 5. The average Bonchev–Trinajstić information content (AvgIpc) is 3.02. The zero-order valence-corrected chi connectivity index (χ0v) is 14.2. The summed E-state index contributed by atoms with van der Waals surface area (Å²) >= 11 is 0. The molecule has 1 aromatic rings. The molecule has 2 aliphatic heterocycles.